The van der Waals surface area contributed by atoms with Crippen LogP contribution in [0.25, 0.3) is 73.0 Å². The van der Waals surface area contributed by atoms with Gasteiger partial charge >= 0.3 is 23.9 Å². The van der Waals surface area contributed by atoms with Crippen molar-refractivity contribution in [2.24, 2.45) is 5.73 Å². The van der Waals surface area contributed by atoms with Crippen LogP contribution in [0.2, 0.25) is 0 Å². The number of hydrogen-bond acceptors (Lipinski definition) is 19. The predicted molar refractivity (Wildman–Crippen MR) is 438 cm³/mol. The van der Waals surface area contributed by atoms with E-state index >= 15 is 0 Å². The van der Waals surface area contributed by atoms with Crippen LogP contribution in [0.3, 0.4) is 0 Å². The average molecular weight is 1740 g/mol. The number of carboxylic acid groups (broad SMARTS) is 1. The van der Waals surface area contributed by atoms with E-state index in [2.05, 4.69) is 29.1 Å². The maximum Gasteiger partial charge on any atom is 0.335 e. The molecule has 0 saturated heterocycles. The summed E-state index contributed by atoms with van der Waals surface area (Å²) in [5.74, 6) is -0.646. The van der Waals surface area contributed by atoms with Crippen molar-refractivity contribution >= 4 is 85.9 Å². The van der Waals surface area contributed by atoms with E-state index in [0.29, 0.717) is 53.5 Å². The van der Waals surface area contributed by atoms with Crippen molar-refractivity contribution in [3.8, 4) is 34.2 Å². The number of furan rings is 3. The number of imidazole rings is 3. The van der Waals surface area contributed by atoms with E-state index in [1.165, 1.54) is 91.2 Å². The maximum atomic E-state index is 13.2. The molecule has 0 spiro atoms. The van der Waals surface area contributed by atoms with Crippen molar-refractivity contribution in [1.29, 1.82) is 0 Å². The van der Waals surface area contributed by atoms with Gasteiger partial charge in [-0.1, -0.05) is 129 Å². The summed E-state index contributed by atoms with van der Waals surface area (Å²) in [5, 5.41) is 25.2. The van der Waals surface area contributed by atoms with Gasteiger partial charge in [0.05, 0.1) is 100 Å². The Balaban J connectivity index is 0.000000197. The number of nitrogens with two attached hydrogens (primary N) is 2. The van der Waals surface area contributed by atoms with Gasteiger partial charge in [0, 0.05) is 81.0 Å². The normalized spacial score (nSPS) is 14.3. The molecule has 3 saturated carbocycles. The van der Waals surface area contributed by atoms with Gasteiger partial charge in [-0.2, -0.15) is 0 Å². The monoisotopic (exact) mass is 1740 g/mol. The Bertz CT molecular complexity index is 4960. The molecule has 8 N–H and O–H groups in total. The molecule has 3 aliphatic rings. The molecule has 27 nitrogen and oxygen atoms in total. The number of nitrogens with zero attached hydrogens (tertiary/aromatic N) is 7. The summed E-state index contributed by atoms with van der Waals surface area (Å²) in [4.78, 5) is 97.9. The van der Waals surface area contributed by atoms with Crippen LogP contribution < -0.4 is 22.1 Å². The second-order valence-corrected chi connectivity index (χ2v) is 27.9. The Kier molecular flexibility index (Phi) is 32.1. The molecular weight excluding hydrogens is 1640 g/mol. The summed E-state index contributed by atoms with van der Waals surface area (Å²) in [6.45, 7) is 0. The van der Waals surface area contributed by atoms with Gasteiger partial charge in [-0.15, -0.1) is 5.69 Å². The molecule has 6 aromatic heterocycles. The molecule has 606 valence electrons. The van der Waals surface area contributed by atoms with E-state index in [9.17, 15) is 44.0 Å². The second-order valence-electron chi connectivity index (χ2n) is 27.9. The first-order valence-corrected chi connectivity index (χ1v) is 37.2. The van der Waals surface area contributed by atoms with Gasteiger partial charge < -0.3 is 74.1 Å². The molecule has 0 unspecified atom stereocenters. The number of nitrogen functional groups attached to an aromatic ring is 1. The number of esters is 3. The number of non-ortho nitro benzene ring substituents is 1. The fourth-order valence-electron chi connectivity index (χ4n) is 14.8. The molecule has 115 heavy (non-hydrogen) atoms. The number of fused-ring (bicyclic) bond motifs is 3. The number of carbonyl (C=O) groups is 6. The quantitative estimate of drug-likeness (QED) is 0.0147. The van der Waals surface area contributed by atoms with Gasteiger partial charge in [0.15, 0.2) is 0 Å². The summed E-state index contributed by atoms with van der Waals surface area (Å²) >= 11 is 0. The standard InChI is InChI=1S/C28H30N4O4.C28H29N4O4.C18H18N2O3.C10H12N2O4.3CH4.W/c2*1-35-28(34)24(15-18-7-10-21(29)11-8-18)31-27(33)19-9-12-25-23(16-19)30-26(20-13-14-36-17-20)32(25)22-5-3-2-4-6-22;21-18(22)12-6-7-16-15(10-12)19-17(13-8-9-23-11-13)20(16)14-4-2-1-3-5-14;1-16-10(13)9(11)6-7-2-4-8(5-3-7)12(14)15;;;;/h7-14,16-17,22,24H,2-6,15,29H2,1H3,(H,31,33);7-14,16-17,22,24,29H,2-6,15H2,1H3,(H,31,33);6-11,14H,1-5H2,(H,21,22);2-5,9H,6,11H2,1H3;3*1H4;/q;-1;;;;;;/t2*24-;;9-;;;;/m00.0..../s1. The van der Waals surface area contributed by atoms with Crippen LogP contribution >= 0.6 is 0 Å². The van der Waals surface area contributed by atoms with Crippen LogP contribution in [0.5, 0.6) is 0 Å². The molecule has 6 aromatic carbocycles. The van der Waals surface area contributed by atoms with Crippen LogP contribution in [0.4, 0.5) is 17.1 Å². The summed E-state index contributed by atoms with van der Waals surface area (Å²) < 4.78 is 37.1. The number of methoxy groups -OCH3 is 3. The fraction of sp³-hybridized carbons (Fsp3) is 0.345. The Morgan fingerprint density at radius 3 is 1.16 bits per heavy atom. The molecule has 3 aliphatic carbocycles. The minimum Gasteiger partial charge on any atom is -0.699 e. The number of anilines is 1. The third kappa shape index (κ3) is 21.9. The number of nitro groups is 1. The second kappa shape index (κ2) is 41.7. The van der Waals surface area contributed by atoms with E-state index in [0.717, 1.165) is 122 Å². The number of nitro benzene ring substituents is 1. The number of amides is 2. The molecule has 0 radical (unpaired) electrons. The maximum absolute atomic E-state index is 13.2. The van der Waals surface area contributed by atoms with Crippen LogP contribution in [-0.2, 0) is 68.9 Å². The molecular formula is C87H101N12O15W-. The molecule has 3 atom stereocenters. The van der Waals surface area contributed by atoms with E-state index in [1.807, 2.05) is 48.5 Å². The van der Waals surface area contributed by atoms with E-state index in [4.69, 9.17) is 54.9 Å². The van der Waals surface area contributed by atoms with Gasteiger partial charge in [-0.25, -0.2) is 29.3 Å². The summed E-state index contributed by atoms with van der Waals surface area (Å²) in [6.07, 6.45) is 28.6. The molecule has 28 heteroatoms. The Morgan fingerprint density at radius 2 is 0.826 bits per heavy atom. The van der Waals surface area contributed by atoms with Crippen LogP contribution in [-0.4, -0.2) is 114 Å². The van der Waals surface area contributed by atoms with Crippen LogP contribution in [0.15, 0.2) is 196 Å². The zero-order chi connectivity index (χ0) is 78.1. The predicted octanol–water partition coefficient (Wildman–Crippen LogP) is 17.9. The Morgan fingerprint density at radius 1 is 0.496 bits per heavy atom. The van der Waals surface area contributed by atoms with E-state index in [1.54, 1.807) is 123 Å². The summed E-state index contributed by atoms with van der Waals surface area (Å²) in [7, 11) is 3.87. The number of ether oxygens (including phenoxy) is 3. The number of carboxylic acids is 1. The van der Waals surface area contributed by atoms with Crippen LogP contribution in [0, 0.1) is 10.1 Å². The van der Waals surface area contributed by atoms with Gasteiger partial charge in [0.2, 0.25) is 0 Å². The number of carbonyl (C=O) groups excluding carboxylic acids is 5. The van der Waals surface area contributed by atoms with E-state index < -0.39 is 46.9 Å². The minimum atomic E-state index is -0.927. The number of aromatic nitrogens is 6. The smallest absolute Gasteiger partial charge is 0.335 e. The third-order valence-electron chi connectivity index (χ3n) is 20.5. The first kappa shape index (κ1) is 88.6. The number of rotatable bonds is 21. The molecule has 15 rings (SSSR count). The molecule has 12 aromatic rings. The minimum absolute atomic E-state index is 0. The van der Waals surface area contributed by atoms with E-state index in [-0.39, 0.29) is 72.8 Å². The van der Waals surface area contributed by atoms with Crippen molar-refractivity contribution < 1.29 is 87.3 Å². The van der Waals surface area contributed by atoms with Crippen molar-refractivity contribution in [3.05, 3.63) is 232 Å². The summed E-state index contributed by atoms with van der Waals surface area (Å²) in [6, 6.07) is 40.5. The molecule has 6 heterocycles. The van der Waals surface area contributed by atoms with Gasteiger partial charge in [-0.3, -0.25) is 24.5 Å². The van der Waals surface area contributed by atoms with Crippen molar-refractivity contribution in [2.75, 3.05) is 27.1 Å². The van der Waals surface area contributed by atoms with Crippen LogP contribution in [0.1, 0.15) is 184 Å². The Hall–Kier alpha value is -12.0. The molecule has 0 bridgehead atoms. The number of nitrogens with one attached hydrogen (secondary N) is 3. The van der Waals surface area contributed by atoms with Gasteiger partial charge in [0.25, 0.3) is 17.5 Å². The first-order valence-electron chi connectivity index (χ1n) is 37.2. The zero-order valence-electron chi connectivity index (χ0n) is 62.4. The third-order valence-corrected chi connectivity index (χ3v) is 20.5. The fourth-order valence-corrected chi connectivity index (χ4v) is 14.8. The van der Waals surface area contributed by atoms with Crippen molar-refractivity contribution in [1.82, 2.24) is 39.3 Å². The van der Waals surface area contributed by atoms with Crippen molar-refractivity contribution in [2.45, 2.75) is 174 Å². The molecule has 2 amide bonds. The topological polar surface area (TPSA) is 386 Å². The molecule has 0 aliphatic heterocycles. The average Bonchev–Trinajstić information content (AvgIpc) is 1.63. The molecule has 3 fully saturated rings. The van der Waals surface area contributed by atoms with Gasteiger partial charge in [0.1, 0.15) is 54.4 Å². The zero-order valence-corrected chi connectivity index (χ0v) is 65.3. The number of hydrogen-bond donors (Lipinski definition) is 5. The summed E-state index contributed by atoms with van der Waals surface area (Å²) in [5.41, 5.74) is 31.5. The SMILES string of the molecule is C.C.C.COC(=O)[C@@H](N)Cc1ccc([N+](=O)[O-])cc1.COC(=O)[C@H](Cc1ccc(N)cc1)NC(=O)c1ccc2c(c1)nc(-c1ccoc1)n2C1CCCCC1.COC(=O)[C@H](Cc1ccc([NH-])cc1)NC(=O)c1ccc2c(c1)nc(-c1ccoc1)n2C1CCCCC1.O=C(O)c1ccc2c(c1)nc(-c1ccoc1)n2C1CCCCC1.[W]. The van der Waals surface area contributed by atoms with Crippen molar-refractivity contribution in [3.63, 3.8) is 0 Å². The number of aromatic carboxylic acids is 1. The number of benzene rings is 6. The Labute approximate surface area is 682 Å². The largest absolute Gasteiger partial charge is 0.699 e. The van der Waals surface area contributed by atoms with Gasteiger partial charge in [-0.05, 0) is 147 Å². The first-order chi connectivity index (χ1) is 53.8.